The summed E-state index contributed by atoms with van der Waals surface area (Å²) in [5.74, 6) is 0.749. The molecule has 164 valence electrons. The lowest BCUT2D eigenvalue weighted by Crippen LogP contribution is -2.11. The van der Waals surface area contributed by atoms with Crippen LogP contribution in [0.3, 0.4) is 0 Å². The Morgan fingerprint density at radius 2 is 1.59 bits per heavy atom. The van der Waals surface area contributed by atoms with Crippen LogP contribution in [0.2, 0.25) is 10.0 Å². The van der Waals surface area contributed by atoms with Gasteiger partial charge in [0.15, 0.2) is 0 Å². The molecular formula is C25H21Cl2FN2O2. The maximum atomic E-state index is 13.8. The van der Waals surface area contributed by atoms with Crippen molar-refractivity contribution in [2.45, 2.75) is 13.5 Å². The smallest absolute Gasteiger partial charge is 0.212 e. The van der Waals surface area contributed by atoms with Gasteiger partial charge in [0, 0.05) is 11.6 Å². The summed E-state index contributed by atoms with van der Waals surface area (Å²) in [6.07, 6.45) is 0. The van der Waals surface area contributed by atoms with E-state index in [0.29, 0.717) is 42.0 Å². The molecule has 1 heterocycles. The second-order valence-corrected chi connectivity index (χ2v) is 7.83. The molecular weight excluding hydrogens is 450 g/mol. The molecule has 0 saturated carbocycles. The Morgan fingerprint density at radius 3 is 2.31 bits per heavy atom. The van der Waals surface area contributed by atoms with Gasteiger partial charge in [-0.15, -0.1) is 0 Å². The average molecular weight is 471 g/mol. The van der Waals surface area contributed by atoms with Crippen LogP contribution in [0.4, 0.5) is 4.39 Å². The monoisotopic (exact) mass is 470 g/mol. The SMILES string of the molecule is CCOc1cc(-c2ccccc2)nn1CCOc1ccc(-c2ccc(Cl)c(F)c2)cc1Cl. The van der Waals surface area contributed by atoms with Crippen molar-refractivity contribution >= 4 is 23.2 Å². The first-order valence-corrected chi connectivity index (χ1v) is 10.9. The molecule has 4 nitrogen and oxygen atoms in total. The van der Waals surface area contributed by atoms with Crippen molar-refractivity contribution in [1.29, 1.82) is 0 Å². The zero-order valence-corrected chi connectivity index (χ0v) is 18.9. The van der Waals surface area contributed by atoms with E-state index in [1.54, 1.807) is 22.9 Å². The van der Waals surface area contributed by atoms with Crippen molar-refractivity contribution in [3.05, 3.63) is 88.7 Å². The molecule has 7 heteroatoms. The van der Waals surface area contributed by atoms with Crippen LogP contribution in [0.5, 0.6) is 11.6 Å². The fourth-order valence-corrected chi connectivity index (χ4v) is 3.64. The van der Waals surface area contributed by atoms with Crippen molar-refractivity contribution in [3.63, 3.8) is 0 Å². The summed E-state index contributed by atoms with van der Waals surface area (Å²) in [6.45, 7) is 3.32. The number of ether oxygens (including phenoxy) is 2. The van der Waals surface area contributed by atoms with Gasteiger partial charge >= 0.3 is 0 Å². The van der Waals surface area contributed by atoms with E-state index in [1.165, 1.54) is 12.1 Å². The molecule has 0 amide bonds. The Morgan fingerprint density at radius 1 is 0.844 bits per heavy atom. The summed E-state index contributed by atoms with van der Waals surface area (Å²) in [7, 11) is 0. The lowest BCUT2D eigenvalue weighted by atomic mass is 10.1. The summed E-state index contributed by atoms with van der Waals surface area (Å²) in [6, 6.07) is 21.8. The first-order valence-electron chi connectivity index (χ1n) is 10.2. The molecule has 0 N–H and O–H groups in total. The van der Waals surface area contributed by atoms with Gasteiger partial charge in [0.1, 0.15) is 18.2 Å². The van der Waals surface area contributed by atoms with Gasteiger partial charge < -0.3 is 9.47 Å². The normalized spacial score (nSPS) is 10.9. The van der Waals surface area contributed by atoms with Crippen LogP contribution in [0.15, 0.2) is 72.8 Å². The van der Waals surface area contributed by atoms with Gasteiger partial charge in [0.05, 0.1) is 28.9 Å². The van der Waals surface area contributed by atoms with Crippen LogP contribution >= 0.6 is 23.2 Å². The van der Waals surface area contributed by atoms with Crippen molar-refractivity contribution in [2.24, 2.45) is 0 Å². The highest BCUT2D eigenvalue weighted by Gasteiger charge is 2.12. The summed E-state index contributed by atoms with van der Waals surface area (Å²) in [4.78, 5) is 0. The molecule has 0 aliphatic rings. The lowest BCUT2D eigenvalue weighted by molar-refractivity contribution is 0.260. The highest BCUT2D eigenvalue weighted by molar-refractivity contribution is 6.32. The van der Waals surface area contributed by atoms with Crippen molar-refractivity contribution in [1.82, 2.24) is 9.78 Å². The predicted molar refractivity (Wildman–Crippen MR) is 126 cm³/mol. The molecule has 4 rings (SSSR count). The summed E-state index contributed by atoms with van der Waals surface area (Å²) >= 11 is 12.2. The van der Waals surface area contributed by atoms with E-state index in [4.69, 9.17) is 32.7 Å². The quantitative estimate of drug-likeness (QED) is 0.274. The second kappa shape index (κ2) is 10.1. The third-order valence-electron chi connectivity index (χ3n) is 4.85. The Bertz CT molecular complexity index is 1210. The van der Waals surface area contributed by atoms with Crippen LogP contribution in [-0.4, -0.2) is 23.0 Å². The van der Waals surface area contributed by atoms with Crippen LogP contribution in [-0.2, 0) is 6.54 Å². The zero-order valence-electron chi connectivity index (χ0n) is 17.4. The average Bonchev–Trinajstić information content (AvgIpc) is 3.20. The van der Waals surface area contributed by atoms with Crippen LogP contribution in [0, 0.1) is 5.82 Å². The number of benzene rings is 3. The third-order valence-corrected chi connectivity index (χ3v) is 5.45. The maximum Gasteiger partial charge on any atom is 0.212 e. The topological polar surface area (TPSA) is 36.3 Å². The van der Waals surface area contributed by atoms with E-state index in [0.717, 1.165) is 16.8 Å². The van der Waals surface area contributed by atoms with E-state index < -0.39 is 5.82 Å². The zero-order chi connectivity index (χ0) is 22.5. The Balaban J connectivity index is 1.45. The maximum absolute atomic E-state index is 13.8. The minimum absolute atomic E-state index is 0.0836. The highest BCUT2D eigenvalue weighted by Crippen LogP contribution is 2.32. The van der Waals surface area contributed by atoms with E-state index in [2.05, 4.69) is 5.10 Å². The van der Waals surface area contributed by atoms with Gasteiger partial charge in [0.2, 0.25) is 5.88 Å². The molecule has 0 fully saturated rings. The number of halogens is 3. The van der Waals surface area contributed by atoms with E-state index in [1.807, 2.05) is 49.4 Å². The second-order valence-electron chi connectivity index (χ2n) is 7.01. The summed E-state index contributed by atoms with van der Waals surface area (Å²) < 4.78 is 27.2. The predicted octanol–water partition coefficient (Wildman–Crippen LogP) is 7.14. The molecule has 0 bridgehead atoms. The molecule has 0 aliphatic heterocycles. The van der Waals surface area contributed by atoms with Gasteiger partial charge in [-0.2, -0.15) is 5.10 Å². The number of hydrogen-bond acceptors (Lipinski definition) is 3. The fraction of sp³-hybridized carbons (Fsp3) is 0.160. The van der Waals surface area contributed by atoms with Gasteiger partial charge in [-0.1, -0.05) is 65.7 Å². The fourth-order valence-electron chi connectivity index (χ4n) is 3.29. The van der Waals surface area contributed by atoms with E-state index in [-0.39, 0.29) is 5.02 Å². The number of aromatic nitrogens is 2. The molecule has 1 aromatic heterocycles. The van der Waals surface area contributed by atoms with Crippen molar-refractivity contribution in [2.75, 3.05) is 13.2 Å². The minimum atomic E-state index is -0.472. The molecule has 0 aliphatic carbocycles. The third kappa shape index (κ3) is 5.06. The first kappa shape index (κ1) is 22.2. The molecule has 0 unspecified atom stereocenters. The molecule has 32 heavy (non-hydrogen) atoms. The molecule has 0 saturated heterocycles. The first-order chi connectivity index (χ1) is 15.5. The van der Waals surface area contributed by atoms with Crippen LogP contribution in [0.1, 0.15) is 6.92 Å². The summed E-state index contributed by atoms with van der Waals surface area (Å²) in [5, 5.41) is 5.18. The highest BCUT2D eigenvalue weighted by atomic mass is 35.5. The Kier molecular flexibility index (Phi) is 6.98. The van der Waals surface area contributed by atoms with E-state index >= 15 is 0 Å². The number of hydrogen-bond donors (Lipinski definition) is 0. The molecule has 0 radical (unpaired) electrons. The Hall–Kier alpha value is -3.02. The van der Waals surface area contributed by atoms with Crippen LogP contribution < -0.4 is 9.47 Å². The van der Waals surface area contributed by atoms with E-state index in [9.17, 15) is 4.39 Å². The minimum Gasteiger partial charge on any atom is -0.490 e. The van der Waals surface area contributed by atoms with Gasteiger partial charge in [-0.25, -0.2) is 9.07 Å². The van der Waals surface area contributed by atoms with Gasteiger partial charge in [-0.3, -0.25) is 0 Å². The molecule has 3 aromatic carbocycles. The lowest BCUT2D eigenvalue weighted by Gasteiger charge is -2.11. The molecule has 0 atom stereocenters. The Labute approximate surface area is 196 Å². The van der Waals surface area contributed by atoms with Gasteiger partial charge in [0.25, 0.3) is 0 Å². The van der Waals surface area contributed by atoms with Crippen LogP contribution in [0.25, 0.3) is 22.4 Å². The molecule has 0 spiro atoms. The van der Waals surface area contributed by atoms with Crippen molar-refractivity contribution in [3.8, 4) is 34.0 Å². The number of nitrogens with zero attached hydrogens (tertiary/aromatic N) is 2. The van der Waals surface area contributed by atoms with Gasteiger partial charge in [-0.05, 0) is 42.3 Å². The van der Waals surface area contributed by atoms with Crippen molar-refractivity contribution < 1.29 is 13.9 Å². The number of rotatable bonds is 8. The largest absolute Gasteiger partial charge is 0.490 e. The standard InChI is InChI=1S/C25H21Cl2FN2O2/c1-2-31-25-16-23(17-6-4-3-5-7-17)29-30(25)12-13-32-24-11-9-18(14-21(24)27)19-8-10-20(26)22(28)15-19/h3-11,14-16H,2,12-13H2,1H3. The summed E-state index contributed by atoms with van der Waals surface area (Å²) in [5.41, 5.74) is 3.32. The molecule has 4 aromatic rings.